The fourth-order valence-corrected chi connectivity index (χ4v) is 3.30. The molecule has 142 valence electrons. The third kappa shape index (κ3) is 4.53. The largest absolute Gasteiger partial charge is 0.433 e. The Balaban J connectivity index is 1.84. The van der Waals surface area contributed by atoms with Crippen molar-refractivity contribution >= 4 is 22.6 Å². The molecule has 0 spiro atoms. The Kier molecular flexibility index (Phi) is 6.02. The summed E-state index contributed by atoms with van der Waals surface area (Å²) < 4.78 is 29.5. The van der Waals surface area contributed by atoms with Crippen molar-refractivity contribution in [2.45, 2.75) is 20.5 Å². The number of nitrogens with zero attached hydrogens (tertiary/aromatic N) is 2. The van der Waals surface area contributed by atoms with E-state index in [9.17, 15) is 14.0 Å². The first-order valence-electron chi connectivity index (χ1n) is 8.42. The number of benzene rings is 2. The number of aromatic nitrogens is 1. The Bertz CT molecular complexity index is 1050. The van der Waals surface area contributed by atoms with Crippen LogP contribution in [-0.4, -0.2) is 11.6 Å². The number of para-hydroxylation sites is 2. The van der Waals surface area contributed by atoms with Crippen LogP contribution in [0.5, 0.6) is 5.75 Å². The SMILES string of the molecule is Cc1ccc(-c2csc(/C(C#N)=C/Nc3ccccc3OC(F)F)n2)cc1C. The van der Waals surface area contributed by atoms with Gasteiger partial charge in [-0.2, -0.15) is 14.0 Å². The van der Waals surface area contributed by atoms with Crippen molar-refractivity contribution < 1.29 is 13.5 Å². The number of allylic oxidation sites excluding steroid dienone is 1. The minimum Gasteiger partial charge on any atom is -0.433 e. The van der Waals surface area contributed by atoms with Crippen LogP contribution in [0.2, 0.25) is 0 Å². The van der Waals surface area contributed by atoms with Crippen molar-refractivity contribution in [3.8, 4) is 23.1 Å². The number of ether oxygens (including phenoxy) is 1. The molecule has 0 unspecified atom stereocenters. The van der Waals surface area contributed by atoms with Crippen LogP contribution in [0, 0.1) is 25.2 Å². The molecule has 0 fully saturated rings. The van der Waals surface area contributed by atoms with Crippen LogP contribution >= 0.6 is 11.3 Å². The van der Waals surface area contributed by atoms with Gasteiger partial charge in [0.05, 0.1) is 11.4 Å². The highest BCUT2D eigenvalue weighted by Crippen LogP contribution is 2.29. The zero-order valence-corrected chi connectivity index (χ0v) is 16.1. The average Bonchev–Trinajstić information content (AvgIpc) is 3.15. The van der Waals surface area contributed by atoms with Crippen LogP contribution in [-0.2, 0) is 0 Å². The Morgan fingerprint density at radius 3 is 2.71 bits per heavy atom. The van der Waals surface area contributed by atoms with Crippen molar-refractivity contribution in [2.75, 3.05) is 5.32 Å². The Hall–Kier alpha value is -3.24. The molecule has 1 heterocycles. The van der Waals surface area contributed by atoms with Gasteiger partial charge >= 0.3 is 6.61 Å². The average molecular weight is 397 g/mol. The molecule has 2 aromatic carbocycles. The van der Waals surface area contributed by atoms with Gasteiger partial charge in [0.25, 0.3) is 0 Å². The van der Waals surface area contributed by atoms with Gasteiger partial charge in [0.1, 0.15) is 22.4 Å². The molecule has 7 heteroatoms. The quantitative estimate of drug-likeness (QED) is 0.518. The molecular weight excluding hydrogens is 380 g/mol. The first-order valence-corrected chi connectivity index (χ1v) is 9.30. The Labute approximate surface area is 165 Å². The first-order chi connectivity index (χ1) is 13.5. The number of aryl methyl sites for hydroxylation is 2. The zero-order valence-electron chi connectivity index (χ0n) is 15.2. The third-order valence-electron chi connectivity index (χ3n) is 4.13. The van der Waals surface area contributed by atoms with E-state index in [1.54, 1.807) is 18.2 Å². The number of hydrogen-bond acceptors (Lipinski definition) is 5. The number of anilines is 1. The summed E-state index contributed by atoms with van der Waals surface area (Å²) >= 11 is 1.34. The number of rotatable bonds is 6. The molecule has 1 aromatic heterocycles. The fourth-order valence-electron chi connectivity index (χ4n) is 2.51. The van der Waals surface area contributed by atoms with E-state index in [0.717, 1.165) is 11.3 Å². The maximum absolute atomic E-state index is 12.5. The van der Waals surface area contributed by atoms with Crippen LogP contribution in [0.4, 0.5) is 14.5 Å². The molecule has 0 amide bonds. The molecular formula is C21H17F2N3OS. The molecule has 0 saturated carbocycles. The highest BCUT2D eigenvalue weighted by Gasteiger charge is 2.11. The van der Waals surface area contributed by atoms with E-state index in [1.165, 1.54) is 34.7 Å². The maximum atomic E-state index is 12.5. The molecule has 3 aromatic rings. The minimum atomic E-state index is -2.93. The second-order valence-corrected chi connectivity index (χ2v) is 6.88. The molecule has 0 aliphatic carbocycles. The number of halogens is 2. The van der Waals surface area contributed by atoms with E-state index < -0.39 is 6.61 Å². The van der Waals surface area contributed by atoms with Gasteiger partial charge in [-0.05, 0) is 43.2 Å². The molecule has 0 aliphatic heterocycles. The predicted molar refractivity (Wildman–Crippen MR) is 107 cm³/mol. The molecule has 0 radical (unpaired) electrons. The molecule has 3 rings (SSSR count). The van der Waals surface area contributed by atoms with E-state index in [2.05, 4.69) is 27.2 Å². The topological polar surface area (TPSA) is 57.9 Å². The van der Waals surface area contributed by atoms with Gasteiger partial charge in [-0.25, -0.2) is 4.98 Å². The first kappa shape index (κ1) is 19.5. The van der Waals surface area contributed by atoms with E-state index in [0.29, 0.717) is 16.3 Å². The highest BCUT2D eigenvalue weighted by atomic mass is 32.1. The van der Waals surface area contributed by atoms with Gasteiger partial charge in [-0.15, -0.1) is 11.3 Å². The second kappa shape index (κ2) is 8.63. The van der Waals surface area contributed by atoms with Crippen molar-refractivity contribution in [3.05, 3.63) is 70.2 Å². The monoisotopic (exact) mass is 397 g/mol. The minimum absolute atomic E-state index is 0.000924. The lowest BCUT2D eigenvalue weighted by atomic mass is 10.1. The van der Waals surface area contributed by atoms with Crippen LogP contribution in [0.3, 0.4) is 0 Å². The molecule has 0 saturated heterocycles. The summed E-state index contributed by atoms with van der Waals surface area (Å²) in [7, 11) is 0. The number of nitrogens with one attached hydrogen (secondary N) is 1. The van der Waals surface area contributed by atoms with Crippen LogP contribution in [0.25, 0.3) is 16.8 Å². The highest BCUT2D eigenvalue weighted by molar-refractivity contribution is 7.11. The maximum Gasteiger partial charge on any atom is 0.387 e. The third-order valence-corrected chi connectivity index (χ3v) is 5.01. The van der Waals surface area contributed by atoms with Crippen LogP contribution < -0.4 is 10.1 Å². The van der Waals surface area contributed by atoms with Crippen LogP contribution in [0.15, 0.2) is 54.0 Å². The van der Waals surface area contributed by atoms with Crippen molar-refractivity contribution in [3.63, 3.8) is 0 Å². The van der Waals surface area contributed by atoms with Gasteiger partial charge in [-0.1, -0.05) is 24.3 Å². The van der Waals surface area contributed by atoms with Gasteiger partial charge in [0.15, 0.2) is 0 Å². The molecule has 4 nitrogen and oxygen atoms in total. The lowest BCUT2D eigenvalue weighted by Crippen LogP contribution is -2.04. The lowest BCUT2D eigenvalue weighted by molar-refractivity contribution is -0.0493. The van der Waals surface area contributed by atoms with Gasteiger partial charge in [0.2, 0.25) is 0 Å². The van der Waals surface area contributed by atoms with Crippen LogP contribution in [0.1, 0.15) is 16.1 Å². The van der Waals surface area contributed by atoms with E-state index in [-0.39, 0.29) is 5.75 Å². The van der Waals surface area contributed by atoms with Crippen molar-refractivity contribution in [1.82, 2.24) is 4.98 Å². The summed E-state index contributed by atoms with van der Waals surface area (Å²) in [4.78, 5) is 4.54. The van der Waals surface area contributed by atoms with E-state index >= 15 is 0 Å². The molecule has 0 atom stereocenters. The zero-order chi connectivity index (χ0) is 20.1. The predicted octanol–water partition coefficient (Wildman–Crippen LogP) is 6.00. The summed E-state index contributed by atoms with van der Waals surface area (Å²) in [6.45, 7) is 1.15. The lowest BCUT2D eigenvalue weighted by Gasteiger charge is -2.10. The smallest absolute Gasteiger partial charge is 0.387 e. The standard InChI is InChI=1S/C21H17F2N3OS/c1-13-7-8-15(9-14(13)2)18-12-28-20(26-18)16(10-24)11-25-17-5-3-4-6-19(17)27-21(22)23/h3-9,11-12,21,25H,1-2H3/b16-11+. The molecule has 28 heavy (non-hydrogen) atoms. The van der Waals surface area contributed by atoms with Crippen molar-refractivity contribution in [1.29, 1.82) is 5.26 Å². The molecule has 0 aliphatic rings. The molecule has 1 N–H and O–H groups in total. The van der Waals surface area contributed by atoms with Gasteiger partial charge in [0, 0.05) is 17.1 Å². The van der Waals surface area contributed by atoms with E-state index in [4.69, 9.17) is 0 Å². The molecule has 0 bridgehead atoms. The summed E-state index contributed by atoms with van der Waals surface area (Å²) in [6, 6.07) is 14.5. The normalized spacial score (nSPS) is 11.4. The van der Waals surface area contributed by atoms with Gasteiger partial charge in [-0.3, -0.25) is 0 Å². The summed E-state index contributed by atoms with van der Waals surface area (Å²) in [5.41, 5.74) is 4.76. The Morgan fingerprint density at radius 1 is 1.21 bits per heavy atom. The Morgan fingerprint density at radius 2 is 2.00 bits per heavy atom. The number of thiazole rings is 1. The van der Waals surface area contributed by atoms with Crippen molar-refractivity contribution in [2.24, 2.45) is 0 Å². The second-order valence-electron chi connectivity index (χ2n) is 6.03. The number of alkyl halides is 2. The fraction of sp³-hybridized carbons (Fsp3) is 0.143. The van der Waals surface area contributed by atoms with E-state index in [1.807, 2.05) is 31.4 Å². The number of nitriles is 1. The summed E-state index contributed by atoms with van der Waals surface area (Å²) in [5.74, 6) is 0.000924. The van der Waals surface area contributed by atoms with Gasteiger partial charge < -0.3 is 10.1 Å². The number of hydrogen-bond donors (Lipinski definition) is 1. The summed E-state index contributed by atoms with van der Waals surface area (Å²) in [5, 5.41) is 14.8. The summed E-state index contributed by atoms with van der Waals surface area (Å²) in [6.07, 6.45) is 1.44.